The maximum absolute atomic E-state index is 12.4. The molecule has 1 saturated heterocycles. The summed E-state index contributed by atoms with van der Waals surface area (Å²) in [7, 11) is 1.37. The van der Waals surface area contributed by atoms with Crippen LogP contribution >= 0.6 is 0 Å². The van der Waals surface area contributed by atoms with Gasteiger partial charge in [0.1, 0.15) is 6.61 Å². The highest BCUT2D eigenvalue weighted by Crippen LogP contribution is 2.44. The van der Waals surface area contributed by atoms with Crippen LogP contribution in [0.1, 0.15) is 23.5 Å². The van der Waals surface area contributed by atoms with Crippen molar-refractivity contribution in [3.05, 3.63) is 59.7 Å². The molecule has 9 nitrogen and oxygen atoms in total. The Morgan fingerprint density at radius 1 is 1.06 bits per heavy atom. The number of carbonyl (C=O) groups excluding carboxylic acids is 2. The largest absolute Gasteiger partial charge is 0.481 e. The Kier molecular flexibility index (Phi) is 7.44. The fourth-order valence-corrected chi connectivity index (χ4v) is 4.46. The summed E-state index contributed by atoms with van der Waals surface area (Å²) in [6, 6.07) is 16.1. The van der Waals surface area contributed by atoms with Gasteiger partial charge in [0.2, 0.25) is 0 Å². The van der Waals surface area contributed by atoms with E-state index in [1.807, 2.05) is 36.4 Å². The Labute approximate surface area is 197 Å². The number of methoxy groups -OCH3 is 1. The van der Waals surface area contributed by atoms with Crippen LogP contribution in [0.2, 0.25) is 0 Å². The molecule has 1 aliphatic heterocycles. The van der Waals surface area contributed by atoms with E-state index in [0.717, 1.165) is 22.3 Å². The predicted octanol–water partition coefficient (Wildman–Crippen LogP) is 2.15. The molecule has 0 saturated carbocycles. The van der Waals surface area contributed by atoms with Crippen LogP contribution in [0, 0.1) is 5.92 Å². The average Bonchev–Trinajstić information content (AvgIpc) is 3.45. The van der Waals surface area contributed by atoms with Crippen molar-refractivity contribution in [2.75, 3.05) is 33.4 Å². The minimum Gasteiger partial charge on any atom is -0.481 e. The number of ether oxygens (including phenoxy) is 3. The molecule has 1 heterocycles. The van der Waals surface area contributed by atoms with Crippen LogP contribution in [0.5, 0.6) is 0 Å². The normalized spacial score (nSPS) is 19.7. The number of amides is 2. The van der Waals surface area contributed by atoms with E-state index >= 15 is 0 Å². The molecule has 1 aliphatic carbocycles. The van der Waals surface area contributed by atoms with Crippen LogP contribution in [0.4, 0.5) is 4.79 Å². The van der Waals surface area contributed by atoms with Gasteiger partial charge in [-0.1, -0.05) is 48.5 Å². The van der Waals surface area contributed by atoms with Gasteiger partial charge in [-0.15, -0.1) is 0 Å². The lowest BCUT2D eigenvalue weighted by atomic mass is 9.98. The number of aliphatic carboxylic acids is 1. The zero-order chi connectivity index (χ0) is 24.1. The van der Waals surface area contributed by atoms with Crippen LogP contribution in [0.3, 0.4) is 0 Å². The predicted molar refractivity (Wildman–Crippen MR) is 122 cm³/mol. The number of nitrogens with one attached hydrogen (secondary N) is 2. The lowest BCUT2D eigenvalue weighted by molar-refractivity contribution is -0.141. The summed E-state index contributed by atoms with van der Waals surface area (Å²) in [5, 5.41) is 14.3. The molecule has 2 aromatic rings. The highest BCUT2D eigenvalue weighted by Gasteiger charge is 2.32. The number of hydrogen-bond acceptors (Lipinski definition) is 6. The number of carbonyl (C=O) groups is 3. The fraction of sp³-hybridized carbons (Fsp3) is 0.400. The number of carboxylic acids is 1. The minimum atomic E-state index is -0.919. The van der Waals surface area contributed by atoms with E-state index in [1.54, 1.807) is 0 Å². The Morgan fingerprint density at radius 3 is 2.29 bits per heavy atom. The minimum absolute atomic E-state index is 0.0549. The summed E-state index contributed by atoms with van der Waals surface area (Å²) in [6.07, 6.45) is -1.58. The topological polar surface area (TPSA) is 123 Å². The molecule has 3 atom stereocenters. The molecule has 3 N–H and O–H groups in total. The van der Waals surface area contributed by atoms with Gasteiger partial charge in [0, 0.05) is 19.6 Å². The molecular weight excluding hydrogens is 440 g/mol. The quantitative estimate of drug-likeness (QED) is 0.515. The maximum atomic E-state index is 12.4. The molecule has 2 aliphatic rings. The molecule has 1 fully saturated rings. The van der Waals surface area contributed by atoms with Crippen LogP contribution in [0.25, 0.3) is 11.1 Å². The second kappa shape index (κ2) is 10.7. The second-order valence-corrected chi connectivity index (χ2v) is 8.40. The van der Waals surface area contributed by atoms with Crippen molar-refractivity contribution < 1.29 is 33.7 Å². The van der Waals surface area contributed by atoms with E-state index < -0.39 is 30.0 Å². The van der Waals surface area contributed by atoms with Gasteiger partial charge in [-0.05, 0) is 28.7 Å². The van der Waals surface area contributed by atoms with E-state index in [1.165, 1.54) is 7.11 Å². The zero-order valence-electron chi connectivity index (χ0n) is 18.9. The van der Waals surface area contributed by atoms with Crippen molar-refractivity contribution >= 4 is 18.0 Å². The van der Waals surface area contributed by atoms with Crippen LogP contribution in [0.15, 0.2) is 48.5 Å². The monoisotopic (exact) mass is 468 g/mol. The van der Waals surface area contributed by atoms with Gasteiger partial charge < -0.3 is 30.0 Å². The number of carboxylic acid groups (broad SMARTS) is 1. The first-order chi connectivity index (χ1) is 16.5. The molecule has 0 spiro atoms. The molecule has 1 unspecified atom stereocenters. The molecule has 9 heteroatoms. The molecule has 34 heavy (non-hydrogen) atoms. The summed E-state index contributed by atoms with van der Waals surface area (Å²) in [5.74, 6) is -1.95. The van der Waals surface area contributed by atoms with Crippen molar-refractivity contribution in [2.45, 2.75) is 24.5 Å². The maximum Gasteiger partial charge on any atom is 0.407 e. The summed E-state index contributed by atoms with van der Waals surface area (Å²) < 4.78 is 16.1. The molecule has 0 radical (unpaired) electrons. The highest BCUT2D eigenvalue weighted by atomic mass is 16.5. The van der Waals surface area contributed by atoms with Crippen molar-refractivity contribution in [3.8, 4) is 11.1 Å². The Morgan fingerprint density at radius 2 is 1.71 bits per heavy atom. The van der Waals surface area contributed by atoms with Gasteiger partial charge in [-0.3, -0.25) is 9.59 Å². The number of benzene rings is 2. The Hall–Kier alpha value is -3.43. The van der Waals surface area contributed by atoms with Crippen LogP contribution in [-0.2, 0) is 23.8 Å². The first-order valence-electron chi connectivity index (χ1n) is 11.2. The van der Waals surface area contributed by atoms with Gasteiger partial charge >= 0.3 is 12.1 Å². The number of alkyl carbamates (subject to hydrolysis) is 1. The number of rotatable bonds is 9. The van der Waals surface area contributed by atoms with Crippen LogP contribution in [-0.4, -0.2) is 68.7 Å². The molecule has 4 rings (SSSR count). The third kappa shape index (κ3) is 5.21. The highest BCUT2D eigenvalue weighted by molar-refractivity contribution is 5.82. The fourth-order valence-electron chi connectivity index (χ4n) is 4.46. The van der Waals surface area contributed by atoms with Gasteiger partial charge in [0.15, 0.2) is 6.10 Å². The van der Waals surface area contributed by atoms with Crippen molar-refractivity contribution in [2.24, 2.45) is 5.92 Å². The molecule has 2 amide bonds. The summed E-state index contributed by atoms with van der Waals surface area (Å²) in [6.45, 7) is 0.413. The SMILES string of the molecule is COC(CNC(=O)OCC1c2ccccc2-c2ccccc21)C(=O)NC[C@H]1C[C@@H](C(=O)O)CO1. The smallest absolute Gasteiger partial charge is 0.407 e. The molecule has 180 valence electrons. The van der Waals surface area contributed by atoms with Gasteiger partial charge in [0.05, 0.1) is 25.2 Å². The average molecular weight is 469 g/mol. The zero-order valence-corrected chi connectivity index (χ0v) is 18.9. The summed E-state index contributed by atoms with van der Waals surface area (Å²) in [5.41, 5.74) is 4.52. The van der Waals surface area contributed by atoms with Crippen molar-refractivity contribution in [1.82, 2.24) is 10.6 Å². The lowest BCUT2D eigenvalue weighted by Gasteiger charge is -2.18. The van der Waals surface area contributed by atoms with E-state index in [0.29, 0.717) is 6.42 Å². The molecule has 0 bridgehead atoms. The molecular formula is C25H28N2O7. The summed E-state index contributed by atoms with van der Waals surface area (Å²) in [4.78, 5) is 35.7. The van der Waals surface area contributed by atoms with Gasteiger partial charge in [-0.2, -0.15) is 0 Å². The Balaban J connectivity index is 1.24. The standard InChI is InChI=1S/C25H28N2O7/c1-32-22(23(28)26-11-16-10-15(13-33-16)24(29)30)12-27-25(31)34-14-21-19-8-4-2-6-17(19)18-7-3-5-9-20(18)21/h2-9,15-16,21-22H,10-14H2,1H3,(H,26,28)(H,27,31)(H,29,30)/t15-,16-,22?/m1/s1. The van der Waals surface area contributed by atoms with E-state index in [-0.39, 0.29) is 38.3 Å². The van der Waals surface area contributed by atoms with Crippen LogP contribution < -0.4 is 10.6 Å². The van der Waals surface area contributed by atoms with Gasteiger partial charge in [-0.25, -0.2) is 4.79 Å². The lowest BCUT2D eigenvalue weighted by Crippen LogP contribution is -2.45. The number of fused-ring (bicyclic) bond motifs is 3. The molecule has 2 aromatic carbocycles. The van der Waals surface area contributed by atoms with Gasteiger partial charge in [0.25, 0.3) is 5.91 Å². The third-order valence-corrected chi connectivity index (χ3v) is 6.29. The third-order valence-electron chi connectivity index (χ3n) is 6.29. The first-order valence-corrected chi connectivity index (χ1v) is 11.2. The molecule has 0 aromatic heterocycles. The Bertz CT molecular complexity index is 1010. The van der Waals surface area contributed by atoms with Crippen molar-refractivity contribution in [1.29, 1.82) is 0 Å². The second-order valence-electron chi connectivity index (χ2n) is 8.40. The number of hydrogen-bond donors (Lipinski definition) is 3. The first kappa shape index (κ1) is 23.7. The van der Waals surface area contributed by atoms with E-state index in [9.17, 15) is 14.4 Å². The van der Waals surface area contributed by atoms with E-state index in [2.05, 4.69) is 22.8 Å². The van der Waals surface area contributed by atoms with Crippen molar-refractivity contribution in [3.63, 3.8) is 0 Å². The van der Waals surface area contributed by atoms with E-state index in [4.69, 9.17) is 19.3 Å². The summed E-state index contributed by atoms with van der Waals surface area (Å²) >= 11 is 0.